The minimum atomic E-state index is -1.98. The van der Waals surface area contributed by atoms with Crippen LogP contribution >= 0.6 is 0 Å². The second kappa shape index (κ2) is 37.7. The number of ether oxygens (including phenoxy) is 6. The maximum atomic E-state index is 13.2. The molecular formula is C53H95NO18. The number of hydrogen-bond donors (Lipinski definition) is 12. The van der Waals surface area contributed by atoms with Crippen molar-refractivity contribution >= 4 is 5.91 Å². The molecule has 0 aliphatic carbocycles. The van der Waals surface area contributed by atoms with Crippen molar-refractivity contribution in [3.63, 3.8) is 0 Å². The fraction of sp³-hybridized carbons (Fsp3) is 0.868. The minimum Gasteiger partial charge on any atom is -0.394 e. The van der Waals surface area contributed by atoms with E-state index in [0.29, 0.717) is 12.8 Å². The van der Waals surface area contributed by atoms with Crippen molar-refractivity contribution in [1.82, 2.24) is 5.32 Å². The van der Waals surface area contributed by atoms with Crippen molar-refractivity contribution in [3.8, 4) is 0 Å². The van der Waals surface area contributed by atoms with E-state index in [1.807, 2.05) is 6.08 Å². The molecule has 19 heteroatoms. The Bertz CT molecular complexity index is 1470. The van der Waals surface area contributed by atoms with Crippen LogP contribution in [0, 0.1) is 0 Å². The summed E-state index contributed by atoms with van der Waals surface area (Å²) in [5, 5.41) is 120. The lowest BCUT2D eigenvalue weighted by molar-refractivity contribution is -0.379. The van der Waals surface area contributed by atoms with E-state index in [9.17, 15) is 61.0 Å². The monoisotopic (exact) mass is 1030 g/mol. The summed E-state index contributed by atoms with van der Waals surface area (Å²) in [5.74, 6) is -0.300. The van der Waals surface area contributed by atoms with Crippen molar-refractivity contribution in [1.29, 1.82) is 0 Å². The van der Waals surface area contributed by atoms with Crippen LogP contribution in [0.1, 0.15) is 162 Å². The highest BCUT2D eigenvalue weighted by Gasteiger charge is 2.53. The smallest absolute Gasteiger partial charge is 0.220 e. The lowest BCUT2D eigenvalue weighted by atomic mass is 9.96. The number of hydrogen-bond acceptors (Lipinski definition) is 18. The quantitative estimate of drug-likeness (QED) is 0.0313. The maximum absolute atomic E-state index is 13.2. The van der Waals surface area contributed by atoms with Crippen molar-refractivity contribution in [2.24, 2.45) is 0 Å². The zero-order valence-electron chi connectivity index (χ0n) is 43.1. The molecule has 3 aliphatic heterocycles. The van der Waals surface area contributed by atoms with Crippen molar-refractivity contribution in [2.45, 2.75) is 266 Å². The first-order valence-corrected chi connectivity index (χ1v) is 27.2. The molecule has 3 rings (SSSR count). The van der Waals surface area contributed by atoms with Gasteiger partial charge in [-0.3, -0.25) is 4.79 Å². The Kier molecular flexibility index (Phi) is 33.7. The molecule has 3 heterocycles. The van der Waals surface area contributed by atoms with E-state index in [0.717, 1.165) is 64.2 Å². The first-order valence-electron chi connectivity index (χ1n) is 27.2. The minimum absolute atomic E-state index is 0.224. The SMILES string of the molecule is CCC/C=C\CCCCCCCC(=O)NC(COC1OC(CO)C(OC2OC(CO)C(OC3OC(CO)C(O)C(O)C3O)C(O)C2O)C(O)C1O)C(O)/C=C/CC/C=C/CCCCCCCCCCCCC. The second-order valence-electron chi connectivity index (χ2n) is 19.7. The molecule has 0 spiro atoms. The number of aliphatic hydroxyl groups is 11. The highest BCUT2D eigenvalue weighted by Crippen LogP contribution is 2.33. The summed E-state index contributed by atoms with van der Waals surface area (Å²) in [7, 11) is 0. The maximum Gasteiger partial charge on any atom is 0.220 e. The van der Waals surface area contributed by atoms with Crippen LogP contribution in [0.2, 0.25) is 0 Å². The van der Waals surface area contributed by atoms with Gasteiger partial charge in [0.15, 0.2) is 18.9 Å². The molecule has 12 N–H and O–H groups in total. The highest BCUT2D eigenvalue weighted by molar-refractivity contribution is 5.76. The van der Waals surface area contributed by atoms with Crippen LogP contribution in [0.25, 0.3) is 0 Å². The normalized spacial score (nSPS) is 32.3. The predicted molar refractivity (Wildman–Crippen MR) is 268 cm³/mol. The van der Waals surface area contributed by atoms with Gasteiger partial charge in [0.25, 0.3) is 0 Å². The van der Waals surface area contributed by atoms with Crippen molar-refractivity contribution in [2.75, 3.05) is 26.4 Å². The number of carbonyl (C=O) groups is 1. The van der Waals surface area contributed by atoms with E-state index in [2.05, 4.69) is 43.5 Å². The van der Waals surface area contributed by atoms with E-state index >= 15 is 0 Å². The number of nitrogens with one attached hydrogen (secondary N) is 1. The van der Waals surface area contributed by atoms with Gasteiger partial charge >= 0.3 is 0 Å². The largest absolute Gasteiger partial charge is 0.394 e. The van der Waals surface area contributed by atoms with Gasteiger partial charge in [-0.1, -0.05) is 140 Å². The molecule has 1 amide bonds. The van der Waals surface area contributed by atoms with E-state index < -0.39 is 124 Å². The third kappa shape index (κ3) is 22.7. The summed E-state index contributed by atoms with van der Waals surface area (Å²) >= 11 is 0. The standard InChI is InChI=1S/C53H95NO18/c1-3-5-7-9-11-13-15-16-17-18-19-20-21-22-24-26-28-30-37(58)36(54-41(59)31-29-27-25-23-14-12-10-8-6-4-2)35-67-51-47(65)44(62)49(39(33-56)69-51)72-53-48(66)45(63)50(40(34-57)70-53)71-52-46(64)43(61)42(60)38(32-55)68-52/h8,10,21-22,28,30,36-40,42-53,55-58,60-66H,3-7,9,11-20,23-27,29,31-35H2,1-2H3,(H,54,59)/b10-8-,22-21+,30-28+. The van der Waals surface area contributed by atoms with E-state index in [1.165, 1.54) is 64.2 Å². The first kappa shape index (κ1) is 64.3. The van der Waals surface area contributed by atoms with Crippen LogP contribution < -0.4 is 5.32 Å². The average molecular weight is 1030 g/mol. The van der Waals surface area contributed by atoms with Crippen LogP contribution in [0.3, 0.4) is 0 Å². The zero-order chi connectivity index (χ0) is 52.7. The molecule has 17 unspecified atom stereocenters. The Balaban J connectivity index is 1.55. The van der Waals surface area contributed by atoms with Gasteiger partial charge in [-0.25, -0.2) is 0 Å². The lowest BCUT2D eigenvalue weighted by Gasteiger charge is -2.48. The fourth-order valence-electron chi connectivity index (χ4n) is 9.09. The van der Waals surface area contributed by atoms with Gasteiger partial charge in [-0.15, -0.1) is 0 Å². The molecule has 420 valence electrons. The van der Waals surface area contributed by atoms with Crippen LogP contribution in [-0.4, -0.2) is 193 Å². The summed E-state index contributed by atoms with van der Waals surface area (Å²) < 4.78 is 34.1. The number of allylic oxidation sites excluding steroid dienone is 5. The highest BCUT2D eigenvalue weighted by atomic mass is 16.8. The van der Waals surface area contributed by atoms with Crippen molar-refractivity contribution in [3.05, 3.63) is 36.5 Å². The van der Waals surface area contributed by atoms with E-state index in [4.69, 9.17) is 28.4 Å². The number of aliphatic hydroxyl groups excluding tert-OH is 11. The first-order chi connectivity index (χ1) is 34.8. The van der Waals surface area contributed by atoms with Gasteiger partial charge in [0.05, 0.1) is 38.6 Å². The van der Waals surface area contributed by atoms with Crippen LogP contribution in [0.15, 0.2) is 36.5 Å². The molecule has 0 radical (unpaired) electrons. The van der Waals surface area contributed by atoms with Gasteiger partial charge < -0.3 is 89.9 Å². The van der Waals surface area contributed by atoms with Gasteiger partial charge in [0.1, 0.15) is 73.2 Å². The zero-order valence-corrected chi connectivity index (χ0v) is 43.1. The third-order valence-electron chi connectivity index (χ3n) is 13.6. The Morgan fingerprint density at radius 2 is 0.917 bits per heavy atom. The van der Waals surface area contributed by atoms with Gasteiger partial charge in [0.2, 0.25) is 5.91 Å². The Labute approximate surface area is 428 Å². The van der Waals surface area contributed by atoms with E-state index in [-0.39, 0.29) is 18.9 Å². The van der Waals surface area contributed by atoms with Crippen LogP contribution in [0.4, 0.5) is 0 Å². The molecule has 3 fully saturated rings. The number of amides is 1. The molecule has 17 atom stereocenters. The third-order valence-corrected chi connectivity index (χ3v) is 13.6. The molecule has 72 heavy (non-hydrogen) atoms. The topological polar surface area (TPSA) is 307 Å². The fourth-order valence-corrected chi connectivity index (χ4v) is 9.09. The Morgan fingerprint density at radius 1 is 0.486 bits per heavy atom. The summed E-state index contributed by atoms with van der Waals surface area (Å²) in [5.41, 5.74) is 0. The molecule has 3 aliphatic rings. The molecule has 0 aromatic heterocycles. The van der Waals surface area contributed by atoms with Crippen LogP contribution in [-0.2, 0) is 33.2 Å². The molecule has 0 aromatic carbocycles. The van der Waals surface area contributed by atoms with Gasteiger partial charge in [-0.2, -0.15) is 0 Å². The molecule has 19 nitrogen and oxygen atoms in total. The summed E-state index contributed by atoms with van der Waals surface area (Å²) in [6.45, 7) is 1.59. The predicted octanol–water partition coefficient (Wildman–Crippen LogP) is 2.98. The average Bonchev–Trinajstić information content (AvgIpc) is 3.37. The molecule has 0 aromatic rings. The lowest BCUT2D eigenvalue weighted by Crippen LogP contribution is -2.66. The second-order valence-corrected chi connectivity index (χ2v) is 19.7. The number of carbonyl (C=O) groups excluding carboxylic acids is 1. The van der Waals surface area contributed by atoms with Gasteiger partial charge in [0, 0.05) is 6.42 Å². The molecule has 0 bridgehead atoms. The summed E-state index contributed by atoms with van der Waals surface area (Å²) in [6, 6.07) is -0.990. The Morgan fingerprint density at radius 3 is 1.44 bits per heavy atom. The van der Waals surface area contributed by atoms with E-state index in [1.54, 1.807) is 6.08 Å². The number of unbranched alkanes of at least 4 members (excludes halogenated alkanes) is 18. The van der Waals surface area contributed by atoms with Gasteiger partial charge in [-0.05, 0) is 51.4 Å². The molecule has 0 saturated carbocycles. The molecular weight excluding hydrogens is 939 g/mol. The molecule has 3 saturated heterocycles. The van der Waals surface area contributed by atoms with Crippen LogP contribution in [0.5, 0.6) is 0 Å². The Hall–Kier alpha value is -1.99. The summed E-state index contributed by atoms with van der Waals surface area (Å²) in [4.78, 5) is 13.2. The summed E-state index contributed by atoms with van der Waals surface area (Å²) in [6.07, 6.45) is 10.1. The number of rotatable bonds is 38. The van der Waals surface area contributed by atoms with Crippen molar-refractivity contribution < 1.29 is 89.4 Å².